The molecule has 3 rings (SSSR count). The molecule has 0 spiro atoms. The summed E-state index contributed by atoms with van der Waals surface area (Å²) in [7, 11) is 0. The molecule has 0 amide bonds. The number of hydrogen-bond donors (Lipinski definition) is 0. The molecule has 0 aliphatic rings. The third kappa shape index (κ3) is 3.69. The van der Waals surface area contributed by atoms with Crippen LogP contribution in [0.2, 0.25) is 0 Å². The predicted octanol–water partition coefficient (Wildman–Crippen LogP) is 5.10. The molecule has 0 fully saturated rings. The van der Waals surface area contributed by atoms with Crippen LogP contribution in [-0.4, -0.2) is 12.3 Å². The Balaban J connectivity index is 2.06. The zero-order chi connectivity index (χ0) is 16.8. The van der Waals surface area contributed by atoms with Crippen molar-refractivity contribution in [2.45, 2.75) is 6.92 Å². The number of anilines is 1. The van der Waals surface area contributed by atoms with Crippen LogP contribution in [-0.2, 0) is 0 Å². The van der Waals surface area contributed by atoms with Crippen LogP contribution in [0.4, 0.5) is 10.1 Å². The summed E-state index contributed by atoms with van der Waals surface area (Å²) in [6.07, 6.45) is 0. The molecule has 2 nitrogen and oxygen atoms in total. The highest BCUT2D eigenvalue weighted by Crippen LogP contribution is 2.18. The van der Waals surface area contributed by atoms with Gasteiger partial charge in [-0.3, -0.25) is 5.01 Å². The van der Waals surface area contributed by atoms with Crippen LogP contribution in [0.1, 0.15) is 18.1 Å². The van der Waals surface area contributed by atoms with Crippen LogP contribution < -0.4 is 5.01 Å². The molecule has 3 aromatic carbocycles. The van der Waals surface area contributed by atoms with Gasteiger partial charge in [0, 0.05) is 17.7 Å². The van der Waals surface area contributed by atoms with E-state index in [-0.39, 0.29) is 5.82 Å². The minimum absolute atomic E-state index is 0.245. The summed E-state index contributed by atoms with van der Waals surface area (Å²) in [5, 5.41) is 6.75. The summed E-state index contributed by atoms with van der Waals surface area (Å²) in [5.74, 6) is -0.245. The summed E-state index contributed by atoms with van der Waals surface area (Å²) < 4.78 is 13.2. The van der Waals surface area contributed by atoms with Crippen molar-refractivity contribution in [3.05, 3.63) is 102 Å². The van der Waals surface area contributed by atoms with Crippen molar-refractivity contribution in [2.24, 2.45) is 5.10 Å². The summed E-state index contributed by atoms with van der Waals surface area (Å²) >= 11 is 0. The summed E-state index contributed by atoms with van der Waals surface area (Å²) in [6.45, 7) is 2.72. The van der Waals surface area contributed by atoms with Gasteiger partial charge in [0.1, 0.15) is 5.82 Å². The minimum atomic E-state index is -0.245. The molecule has 0 aliphatic heterocycles. The highest BCUT2D eigenvalue weighted by atomic mass is 19.1. The van der Waals surface area contributed by atoms with E-state index in [4.69, 9.17) is 5.10 Å². The molecule has 24 heavy (non-hydrogen) atoms. The van der Waals surface area contributed by atoms with Crippen LogP contribution in [0.3, 0.4) is 0 Å². The molecule has 0 aliphatic carbocycles. The number of nitrogens with zero attached hydrogens (tertiary/aromatic N) is 2. The van der Waals surface area contributed by atoms with Gasteiger partial charge in [-0.2, -0.15) is 5.10 Å². The number of benzene rings is 3. The van der Waals surface area contributed by atoms with E-state index in [0.29, 0.717) is 6.54 Å². The first-order valence-corrected chi connectivity index (χ1v) is 8.00. The maximum atomic E-state index is 13.2. The van der Waals surface area contributed by atoms with Crippen molar-refractivity contribution in [2.75, 3.05) is 11.6 Å². The van der Waals surface area contributed by atoms with Crippen molar-refractivity contribution in [1.82, 2.24) is 0 Å². The van der Waals surface area contributed by atoms with Gasteiger partial charge in [-0.1, -0.05) is 60.7 Å². The number of halogens is 1. The van der Waals surface area contributed by atoms with Gasteiger partial charge in [-0.25, -0.2) is 4.39 Å². The van der Waals surface area contributed by atoms with Crippen LogP contribution >= 0.6 is 0 Å². The molecule has 0 saturated heterocycles. The summed E-state index contributed by atoms with van der Waals surface area (Å²) in [4.78, 5) is 0. The van der Waals surface area contributed by atoms with E-state index in [1.165, 1.54) is 12.1 Å². The lowest BCUT2D eigenvalue weighted by Gasteiger charge is -2.19. The van der Waals surface area contributed by atoms with Crippen molar-refractivity contribution in [3.63, 3.8) is 0 Å². The fraction of sp³-hybridized carbons (Fsp3) is 0.0952. The molecular weight excluding hydrogens is 299 g/mol. The lowest BCUT2D eigenvalue weighted by Crippen LogP contribution is -2.19. The average Bonchev–Trinajstić information content (AvgIpc) is 2.65. The topological polar surface area (TPSA) is 15.6 Å². The molecule has 3 heteroatoms. The van der Waals surface area contributed by atoms with Gasteiger partial charge in [0.15, 0.2) is 0 Å². The van der Waals surface area contributed by atoms with E-state index >= 15 is 0 Å². The van der Waals surface area contributed by atoms with Gasteiger partial charge in [0.2, 0.25) is 0 Å². The molecule has 0 atom stereocenters. The van der Waals surface area contributed by atoms with Crippen LogP contribution in [0.5, 0.6) is 0 Å². The second-order valence-electron chi connectivity index (χ2n) is 5.37. The monoisotopic (exact) mass is 318 g/mol. The molecule has 0 N–H and O–H groups in total. The molecule has 0 saturated carbocycles. The van der Waals surface area contributed by atoms with Gasteiger partial charge < -0.3 is 0 Å². The number of rotatable bonds is 5. The van der Waals surface area contributed by atoms with Crippen molar-refractivity contribution in [3.8, 4) is 0 Å². The second-order valence-corrected chi connectivity index (χ2v) is 5.37. The first-order chi connectivity index (χ1) is 11.8. The standard InChI is InChI=1S/C21H19FN2/c1-2-24(20-15-13-19(22)14-16-20)23-21(17-9-5-3-6-10-17)18-11-7-4-8-12-18/h3-16H,2H2,1H3. The largest absolute Gasteiger partial charge is 0.265 e. The molecule has 0 aromatic heterocycles. The summed E-state index contributed by atoms with van der Waals surface area (Å²) in [6, 6.07) is 26.6. The van der Waals surface area contributed by atoms with Gasteiger partial charge in [0.05, 0.1) is 11.4 Å². The summed E-state index contributed by atoms with van der Waals surface area (Å²) in [5.41, 5.74) is 3.85. The Kier molecular flexibility index (Phi) is 5.02. The van der Waals surface area contributed by atoms with E-state index < -0.39 is 0 Å². The zero-order valence-electron chi connectivity index (χ0n) is 13.6. The lowest BCUT2D eigenvalue weighted by molar-refractivity contribution is 0.627. The Morgan fingerprint density at radius 1 is 0.792 bits per heavy atom. The van der Waals surface area contributed by atoms with Gasteiger partial charge in [-0.15, -0.1) is 0 Å². The van der Waals surface area contributed by atoms with Crippen LogP contribution in [0.25, 0.3) is 0 Å². The molecule has 0 heterocycles. The first-order valence-electron chi connectivity index (χ1n) is 8.00. The Morgan fingerprint density at radius 2 is 1.29 bits per heavy atom. The predicted molar refractivity (Wildman–Crippen MR) is 97.9 cm³/mol. The molecule has 0 radical (unpaired) electrons. The molecule has 120 valence electrons. The Labute approximate surface area is 141 Å². The van der Waals surface area contributed by atoms with E-state index in [9.17, 15) is 4.39 Å². The minimum Gasteiger partial charge on any atom is -0.265 e. The van der Waals surface area contributed by atoms with Crippen molar-refractivity contribution >= 4 is 11.4 Å². The van der Waals surface area contributed by atoms with Crippen molar-refractivity contribution in [1.29, 1.82) is 0 Å². The van der Waals surface area contributed by atoms with Gasteiger partial charge in [-0.05, 0) is 31.2 Å². The van der Waals surface area contributed by atoms with E-state index in [2.05, 4.69) is 0 Å². The maximum Gasteiger partial charge on any atom is 0.123 e. The lowest BCUT2D eigenvalue weighted by atomic mass is 10.0. The molecular formula is C21H19FN2. The van der Waals surface area contributed by atoms with Crippen molar-refractivity contribution < 1.29 is 4.39 Å². The fourth-order valence-corrected chi connectivity index (χ4v) is 2.52. The second kappa shape index (κ2) is 7.55. The number of hydrazone groups is 1. The third-order valence-corrected chi connectivity index (χ3v) is 3.74. The molecule has 0 bridgehead atoms. The third-order valence-electron chi connectivity index (χ3n) is 3.74. The maximum absolute atomic E-state index is 13.2. The molecule has 3 aromatic rings. The SMILES string of the molecule is CCN(N=C(c1ccccc1)c1ccccc1)c1ccc(F)cc1. The zero-order valence-corrected chi connectivity index (χ0v) is 13.6. The molecule has 0 unspecified atom stereocenters. The van der Waals surface area contributed by atoms with Crippen LogP contribution in [0, 0.1) is 5.82 Å². The Morgan fingerprint density at radius 3 is 1.75 bits per heavy atom. The van der Waals surface area contributed by atoms with E-state index in [1.54, 1.807) is 12.1 Å². The first kappa shape index (κ1) is 15.9. The van der Waals surface area contributed by atoms with E-state index in [0.717, 1.165) is 22.5 Å². The normalized spacial score (nSPS) is 10.2. The van der Waals surface area contributed by atoms with E-state index in [1.807, 2.05) is 72.6 Å². The Bertz CT molecular complexity index is 755. The highest BCUT2D eigenvalue weighted by Gasteiger charge is 2.10. The fourth-order valence-electron chi connectivity index (χ4n) is 2.52. The highest BCUT2D eigenvalue weighted by molar-refractivity contribution is 6.13. The smallest absolute Gasteiger partial charge is 0.123 e. The van der Waals surface area contributed by atoms with Crippen LogP contribution in [0.15, 0.2) is 90.0 Å². The quantitative estimate of drug-likeness (QED) is 0.472. The number of hydrogen-bond acceptors (Lipinski definition) is 2. The van der Waals surface area contributed by atoms with Gasteiger partial charge >= 0.3 is 0 Å². The van der Waals surface area contributed by atoms with Gasteiger partial charge in [0.25, 0.3) is 0 Å². The average molecular weight is 318 g/mol. The Hall–Kier alpha value is -2.94.